The van der Waals surface area contributed by atoms with Crippen molar-refractivity contribution >= 4 is 5.91 Å². The maximum absolute atomic E-state index is 10.3. The Morgan fingerprint density at radius 1 is 1.55 bits per heavy atom. The molecule has 0 bridgehead atoms. The lowest BCUT2D eigenvalue weighted by molar-refractivity contribution is -0.115. The smallest absolute Gasteiger partial charge is 0.221 e. The lowest BCUT2D eigenvalue weighted by Gasteiger charge is -1.95. The van der Waals surface area contributed by atoms with Crippen molar-refractivity contribution in [2.45, 2.75) is 6.42 Å². The molecule has 3 nitrogen and oxygen atoms in total. The van der Waals surface area contributed by atoms with Gasteiger partial charge in [0.05, 0.1) is 6.42 Å². The second kappa shape index (κ2) is 3.71. The maximum Gasteiger partial charge on any atom is 0.221 e. The van der Waals surface area contributed by atoms with E-state index in [1.807, 2.05) is 12.1 Å². The summed E-state index contributed by atoms with van der Waals surface area (Å²) in [6.07, 6.45) is 5.39. The van der Waals surface area contributed by atoms with Crippen LogP contribution in [0.5, 0.6) is 0 Å². The van der Waals surface area contributed by atoms with E-state index < -0.39 is 0 Å². The summed E-state index contributed by atoms with van der Waals surface area (Å²) < 4.78 is 0. The molecular weight excluding hydrogens is 140 g/mol. The molecule has 1 aromatic rings. The summed E-state index contributed by atoms with van der Waals surface area (Å²) in [5.41, 5.74) is 5.97. The molecule has 0 unspecified atom stereocenters. The van der Waals surface area contributed by atoms with E-state index in [9.17, 15) is 4.79 Å². The van der Waals surface area contributed by atoms with E-state index in [0.717, 1.165) is 5.56 Å². The highest BCUT2D eigenvalue weighted by Gasteiger charge is 1.95. The third-order valence-corrected chi connectivity index (χ3v) is 1.29. The fourth-order valence-electron chi connectivity index (χ4n) is 0.737. The average molecular weight is 149 g/mol. The minimum atomic E-state index is -0.387. The van der Waals surface area contributed by atoms with E-state index in [-0.39, 0.29) is 5.91 Å². The summed E-state index contributed by atoms with van der Waals surface area (Å²) in [4.78, 5) is 14.2. The van der Waals surface area contributed by atoms with Crippen molar-refractivity contribution in [3.63, 3.8) is 0 Å². The van der Waals surface area contributed by atoms with Crippen LogP contribution in [0.3, 0.4) is 0 Å². The molecule has 1 heterocycles. The van der Waals surface area contributed by atoms with Gasteiger partial charge in [-0.3, -0.25) is 9.78 Å². The van der Waals surface area contributed by atoms with Crippen molar-refractivity contribution in [2.75, 3.05) is 0 Å². The van der Waals surface area contributed by atoms with Crippen LogP contribution in [0.1, 0.15) is 5.56 Å². The van der Waals surface area contributed by atoms with Gasteiger partial charge in [0, 0.05) is 12.4 Å². The number of rotatable bonds is 3. The summed E-state index contributed by atoms with van der Waals surface area (Å²) in [6, 6.07) is 3.69. The zero-order chi connectivity index (χ0) is 8.10. The van der Waals surface area contributed by atoms with Crippen LogP contribution in [-0.2, 0) is 11.2 Å². The molecule has 0 atom stereocenters. The lowest BCUT2D eigenvalue weighted by atomic mass is 10.1. The van der Waals surface area contributed by atoms with Gasteiger partial charge in [0.25, 0.3) is 0 Å². The Morgan fingerprint density at radius 2 is 2.18 bits per heavy atom. The average Bonchev–Trinajstić information content (AvgIpc) is 2.03. The van der Waals surface area contributed by atoms with Gasteiger partial charge >= 0.3 is 0 Å². The highest BCUT2D eigenvalue weighted by atomic mass is 16.1. The summed E-state index contributed by atoms with van der Waals surface area (Å²) in [5.74, 6) is -0.387. The Morgan fingerprint density at radius 3 is 2.73 bits per heavy atom. The number of hydrogen-bond acceptors (Lipinski definition) is 2. The molecule has 0 aliphatic carbocycles. The Labute approximate surface area is 65.2 Å². The molecule has 1 rings (SSSR count). The topological polar surface area (TPSA) is 56.0 Å². The van der Waals surface area contributed by atoms with Crippen LogP contribution in [0.15, 0.2) is 24.5 Å². The zero-order valence-corrected chi connectivity index (χ0v) is 6.03. The molecule has 2 N–H and O–H groups in total. The Hall–Kier alpha value is -1.38. The predicted molar refractivity (Wildman–Crippen MR) is 41.4 cm³/mol. The molecule has 0 aliphatic rings. The number of hydrogen-bond donors (Lipinski definition) is 1. The number of aromatic nitrogens is 1. The minimum Gasteiger partial charge on any atom is -0.369 e. The highest BCUT2D eigenvalue weighted by Crippen LogP contribution is 1.98. The normalized spacial score (nSPS) is 9.45. The van der Waals surface area contributed by atoms with E-state index in [2.05, 4.69) is 4.98 Å². The van der Waals surface area contributed by atoms with E-state index in [1.165, 1.54) is 6.42 Å². The fraction of sp³-hybridized carbons (Fsp3) is 0.125. The number of nitrogens with two attached hydrogens (primary N) is 1. The van der Waals surface area contributed by atoms with Crippen molar-refractivity contribution in [2.24, 2.45) is 5.73 Å². The van der Waals surface area contributed by atoms with Gasteiger partial charge in [0.1, 0.15) is 0 Å². The molecule has 3 heteroatoms. The minimum absolute atomic E-state index is 0.387. The molecule has 1 radical (unpaired) electrons. The number of carbonyl (C=O) groups is 1. The van der Waals surface area contributed by atoms with E-state index in [1.54, 1.807) is 12.4 Å². The third-order valence-electron chi connectivity index (χ3n) is 1.29. The first-order valence-electron chi connectivity index (χ1n) is 3.30. The zero-order valence-electron chi connectivity index (χ0n) is 6.03. The van der Waals surface area contributed by atoms with Gasteiger partial charge in [-0.15, -0.1) is 0 Å². The van der Waals surface area contributed by atoms with Gasteiger partial charge in [-0.05, 0) is 24.1 Å². The van der Waals surface area contributed by atoms with Crippen molar-refractivity contribution in [1.29, 1.82) is 0 Å². The van der Waals surface area contributed by atoms with Crippen LogP contribution in [0.2, 0.25) is 0 Å². The summed E-state index contributed by atoms with van der Waals surface area (Å²) in [6.45, 7) is 0. The first-order valence-corrected chi connectivity index (χ1v) is 3.30. The molecule has 0 spiro atoms. The molecule has 0 aromatic carbocycles. The number of primary amides is 1. The second-order valence-electron chi connectivity index (χ2n) is 2.17. The fourth-order valence-corrected chi connectivity index (χ4v) is 0.737. The maximum atomic E-state index is 10.3. The lowest BCUT2D eigenvalue weighted by Crippen LogP contribution is -2.12. The van der Waals surface area contributed by atoms with Gasteiger partial charge < -0.3 is 5.73 Å². The summed E-state index contributed by atoms with van der Waals surface area (Å²) >= 11 is 0. The molecule has 11 heavy (non-hydrogen) atoms. The van der Waals surface area contributed by atoms with E-state index in [4.69, 9.17) is 5.73 Å². The molecule has 0 aliphatic heterocycles. The van der Waals surface area contributed by atoms with Crippen LogP contribution >= 0.6 is 0 Å². The second-order valence-corrected chi connectivity index (χ2v) is 2.17. The first kappa shape index (κ1) is 7.72. The van der Waals surface area contributed by atoms with E-state index >= 15 is 0 Å². The number of amides is 1. The molecule has 0 saturated heterocycles. The van der Waals surface area contributed by atoms with Crippen molar-refractivity contribution in [3.8, 4) is 0 Å². The third kappa shape index (κ3) is 2.80. The van der Waals surface area contributed by atoms with Gasteiger partial charge in [-0.1, -0.05) is 0 Å². The van der Waals surface area contributed by atoms with Gasteiger partial charge in [-0.25, -0.2) is 0 Å². The molecule has 0 fully saturated rings. The quantitative estimate of drug-likeness (QED) is 0.672. The Balaban J connectivity index is 2.45. The number of carbonyl (C=O) groups excluding carboxylic acids is 1. The molecule has 57 valence electrons. The van der Waals surface area contributed by atoms with Crippen LogP contribution in [0.25, 0.3) is 0 Å². The summed E-state index contributed by atoms with van der Waals surface area (Å²) in [7, 11) is 0. The first-order chi connectivity index (χ1) is 5.29. The van der Waals surface area contributed by atoms with Crippen molar-refractivity contribution in [1.82, 2.24) is 4.98 Å². The Bertz CT molecular complexity index is 233. The van der Waals surface area contributed by atoms with Crippen LogP contribution < -0.4 is 5.73 Å². The van der Waals surface area contributed by atoms with Gasteiger partial charge in [0.15, 0.2) is 0 Å². The van der Waals surface area contributed by atoms with Gasteiger partial charge in [-0.2, -0.15) is 0 Å². The number of nitrogens with zero attached hydrogens (tertiary/aromatic N) is 1. The Kier molecular flexibility index (Phi) is 2.60. The van der Waals surface area contributed by atoms with Gasteiger partial charge in [0.2, 0.25) is 5.91 Å². The highest BCUT2D eigenvalue weighted by molar-refractivity contribution is 5.83. The van der Waals surface area contributed by atoms with Crippen LogP contribution in [-0.4, -0.2) is 10.9 Å². The van der Waals surface area contributed by atoms with E-state index in [0.29, 0.717) is 6.42 Å². The largest absolute Gasteiger partial charge is 0.369 e. The molecule has 1 aromatic heterocycles. The molecule has 1 amide bonds. The standard InChI is InChI=1S/C8H9N2O/c9-8(11)2-1-7-3-5-10-6-4-7/h2-6H,1H2,(H2,9,11). The number of pyridine rings is 1. The molecular formula is C8H9N2O. The predicted octanol–water partition coefficient (Wildman–Crippen LogP) is 0.314. The van der Waals surface area contributed by atoms with Crippen molar-refractivity contribution in [3.05, 3.63) is 36.5 Å². The van der Waals surface area contributed by atoms with Crippen LogP contribution in [0, 0.1) is 6.42 Å². The molecule has 0 saturated carbocycles. The van der Waals surface area contributed by atoms with Crippen molar-refractivity contribution < 1.29 is 4.79 Å². The summed E-state index contributed by atoms with van der Waals surface area (Å²) in [5, 5.41) is 0. The SMILES string of the molecule is NC(=O)[CH]Cc1ccncc1. The monoisotopic (exact) mass is 149 g/mol. The van der Waals surface area contributed by atoms with Crippen LogP contribution in [0.4, 0.5) is 0 Å².